The molecule has 0 spiro atoms. The van der Waals surface area contributed by atoms with E-state index in [2.05, 4.69) is 20.5 Å². The maximum atomic E-state index is 14.6. The van der Waals surface area contributed by atoms with Crippen molar-refractivity contribution in [3.8, 4) is 22.8 Å². The van der Waals surface area contributed by atoms with Gasteiger partial charge in [-0.1, -0.05) is 12.1 Å². The number of amides is 3. The van der Waals surface area contributed by atoms with E-state index in [-0.39, 0.29) is 12.2 Å². The molecule has 0 saturated heterocycles. The first kappa shape index (κ1) is 22.5. The molecule has 0 aliphatic heterocycles. The van der Waals surface area contributed by atoms with E-state index in [4.69, 9.17) is 4.74 Å². The second-order valence-electron chi connectivity index (χ2n) is 7.01. The van der Waals surface area contributed by atoms with Crippen LogP contribution in [0.2, 0.25) is 0 Å². The Bertz CT molecular complexity index is 1330. The zero-order valence-electron chi connectivity index (χ0n) is 17.3. The number of imide groups is 1. The Labute approximate surface area is 190 Å². The zero-order chi connectivity index (χ0) is 24.1. The molecule has 0 unspecified atom stereocenters. The fourth-order valence-corrected chi connectivity index (χ4v) is 2.97. The molecule has 4 rings (SSSR count). The first-order chi connectivity index (χ1) is 16.4. The number of urea groups is 1. The number of hydrogen-bond acceptors (Lipinski definition) is 5. The molecule has 3 amide bonds. The van der Waals surface area contributed by atoms with E-state index in [0.29, 0.717) is 16.8 Å². The van der Waals surface area contributed by atoms with Gasteiger partial charge in [0, 0.05) is 24.0 Å². The van der Waals surface area contributed by atoms with E-state index in [1.54, 1.807) is 12.4 Å². The molecular weight excluding hydrogens is 451 g/mol. The number of aromatic nitrogens is 3. The highest BCUT2D eigenvalue weighted by atomic mass is 19.2. The predicted molar refractivity (Wildman–Crippen MR) is 116 cm³/mol. The minimum Gasteiger partial charge on any atom is -0.454 e. The Morgan fingerprint density at radius 1 is 1.00 bits per heavy atom. The van der Waals surface area contributed by atoms with Crippen molar-refractivity contribution < 1.29 is 27.5 Å². The Morgan fingerprint density at radius 2 is 1.79 bits per heavy atom. The minimum absolute atomic E-state index is 0.203. The summed E-state index contributed by atoms with van der Waals surface area (Å²) in [6.45, 7) is 0. The van der Waals surface area contributed by atoms with Crippen molar-refractivity contribution in [1.82, 2.24) is 20.5 Å². The van der Waals surface area contributed by atoms with E-state index >= 15 is 0 Å². The van der Waals surface area contributed by atoms with Crippen LogP contribution < -0.4 is 15.4 Å². The first-order valence-corrected chi connectivity index (χ1v) is 9.85. The van der Waals surface area contributed by atoms with E-state index in [1.807, 2.05) is 5.32 Å². The lowest BCUT2D eigenvalue weighted by atomic mass is 10.1. The number of carbonyl (C=O) groups excluding carboxylic acids is 2. The third-order valence-electron chi connectivity index (χ3n) is 4.58. The summed E-state index contributed by atoms with van der Waals surface area (Å²) in [6.07, 6.45) is 4.39. The standard InChI is InChI=1S/C23H16F3N5O3/c24-15-3-1-13(2-4-15)9-20(32)31-23(33)30-17-5-6-19(22(26)21(17)25)34-16-7-8-27-18(10-16)14-11-28-29-12-14/h1-8,10-12H,9H2,(H,28,29)(H2,30,31,32,33). The van der Waals surface area contributed by atoms with Crippen molar-refractivity contribution >= 4 is 17.6 Å². The van der Waals surface area contributed by atoms with Gasteiger partial charge in [-0.2, -0.15) is 9.49 Å². The topological polar surface area (TPSA) is 109 Å². The normalized spacial score (nSPS) is 10.6. The molecule has 2 aromatic heterocycles. The number of H-pyrrole nitrogens is 1. The number of benzene rings is 2. The summed E-state index contributed by atoms with van der Waals surface area (Å²) in [5.41, 5.74) is 1.16. The van der Waals surface area contributed by atoms with Crippen molar-refractivity contribution in [2.45, 2.75) is 6.42 Å². The Balaban J connectivity index is 1.40. The molecule has 0 saturated carbocycles. The van der Waals surface area contributed by atoms with Gasteiger partial charge in [0.25, 0.3) is 0 Å². The van der Waals surface area contributed by atoms with Gasteiger partial charge in [-0.25, -0.2) is 13.6 Å². The lowest BCUT2D eigenvalue weighted by Crippen LogP contribution is -2.35. The second kappa shape index (κ2) is 9.86. The highest BCUT2D eigenvalue weighted by Gasteiger charge is 2.18. The van der Waals surface area contributed by atoms with E-state index in [9.17, 15) is 22.8 Å². The minimum atomic E-state index is -1.37. The van der Waals surface area contributed by atoms with Crippen molar-refractivity contribution in [2.24, 2.45) is 0 Å². The molecule has 3 N–H and O–H groups in total. The van der Waals surface area contributed by atoms with Crippen molar-refractivity contribution in [1.29, 1.82) is 0 Å². The summed E-state index contributed by atoms with van der Waals surface area (Å²) >= 11 is 0. The number of aromatic amines is 1. The average Bonchev–Trinajstić information content (AvgIpc) is 3.36. The number of anilines is 1. The molecule has 0 fully saturated rings. The van der Waals surface area contributed by atoms with Crippen LogP contribution in [0.1, 0.15) is 5.56 Å². The summed E-state index contributed by atoms with van der Waals surface area (Å²) < 4.78 is 47.4. The summed E-state index contributed by atoms with van der Waals surface area (Å²) in [5, 5.41) is 10.5. The van der Waals surface area contributed by atoms with Gasteiger partial charge in [0.2, 0.25) is 11.7 Å². The molecule has 2 heterocycles. The average molecular weight is 467 g/mol. The van der Waals surface area contributed by atoms with Gasteiger partial charge in [0.15, 0.2) is 11.6 Å². The molecule has 11 heteroatoms. The van der Waals surface area contributed by atoms with Crippen molar-refractivity contribution in [2.75, 3.05) is 5.32 Å². The quantitative estimate of drug-likeness (QED) is 0.385. The summed E-state index contributed by atoms with van der Waals surface area (Å²) in [5.74, 6) is -4.10. The SMILES string of the molecule is O=C(Cc1ccc(F)cc1)NC(=O)Nc1ccc(Oc2ccnc(-c3cn[nH]c3)c2)c(F)c1F. The number of ether oxygens (including phenoxy) is 1. The van der Waals surface area contributed by atoms with Gasteiger partial charge in [0.05, 0.1) is 24.0 Å². The maximum absolute atomic E-state index is 14.6. The number of halogens is 3. The molecule has 0 bridgehead atoms. The molecule has 0 radical (unpaired) electrons. The van der Waals surface area contributed by atoms with Crippen LogP contribution >= 0.6 is 0 Å². The molecule has 2 aromatic carbocycles. The highest BCUT2D eigenvalue weighted by Crippen LogP contribution is 2.31. The Hall–Kier alpha value is -4.67. The van der Waals surface area contributed by atoms with Gasteiger partial charge in [-0.15, -0.1) is 0 Å². The fourth-order valence-electron chi connectivity index (χ4n) is 2.97. The van der Waals surface area contributed by atoms with Crippen LogP contribution in [0, 0.1) is 17.5 Å². The predicted octanol–water partition coefficient (Wildman–Crippen LogP) is 4.57. The summed E-state index contributed by atoms with van der Waals surface area (Å²) in [4.78, 5) is 28.1. The van der Waals surface area contributed by atoms with Gasteiger partial charge in [-0.05, 0) is 35.9 Å². The number of hydrogen-bond donors (Lipinski definition) is 3. The smallest absolute Gasteiger partial charge is 0.325 e. The van der Waals surface area contributed by atoms with Crippen LogP contribution in [0.15, 0.2) is 67.1 Å². The Kier molecular flexibility index (Phi) is 6.53. The van der Waals surface area contributed by atoms with Crippen LogP contribution in [0.4, 0.5) is 23.7 Å². The van der Waals surface area contributed by atoms with Crippen LogP contribution in [-0.2, 0) is 11.2 Å². The molecular formula is C23H16F3N5O3. The van der Waals surface area contributed by atoms with Gasteiger partial charge < -0.3 is 10.1 Å². The second-order valence-corrected chi connectivity index (χ2v) is 7.01. The number of nitrogens with zero attached hydrogens (tertiary/aromatic N) is 2. The van der Waals surface area contributed by atoms with Crippen molar-refractivity contribution in [3.05, 3.63) is 90.1 Å². The van der Waals surface area contributed by atoms with E-state index in [1.165, 1.54) is 42.6 Å². The lowest BCUT2D eigenvalue weighted by molar-refractivity contribution is -0.119. The third-order valence-corrected chi connectivity index (χ3v) is 4.58. The zero-order valence-corrected chi connectivity index (χ0v) is 17.3. The third kappa shape index (κ3) is 5.38. The van der Waals surface area contributed by atoms with Gasteiger partial charge in [0.1, 0.15) is 11.6 Å². The monoisotopic (exact) mass is 467 g/mol. The number of carbonyl (C=O) groups is 2. The van der Waals surface area contributed by atoms with Crippen LogP contribution in [0.3, 0.4) is 0 Å². The molecule has 8 nitrogen and oxygen atoms in total. The highest BCUT2D eigenvalue weighted by molar-refractivity contribution is 6.01. The maximum Gasteiger partial charge on any atom is 0.325 e. The lowest BCUT2D eigenvalue weighted by Gasteiger charge is -2.12. The molecule has 172 valence electrons. The van der Waals surface area contributed by atoms with Crippen LogP contribution in [0.5, 0.6) is 11.5 Å². The van der Waals surface area contributed by atoms with Gasteiger partial charge >= 0.3 is 6.03 Å². The molecule has 34 heavy (non-hydrogen) atoms. The van der Waals surface area contributed by atoms with Gasteiger partial charge in [-0.3, -0.25) is 20.2 Å². The number of rotatable bonds is 6. The van der Waals surface area contributed by atoms with E-state index < -0.39 is 40.8 Å². The molecule has 4 aromatic rings. The summed E-state index contributed by atoms with van der Waals surface area (Å²) in [6, 6.07) is 9.29. The summed E-state index contributed by atoms with van der Waals surface area (Å²) in [7, 11) is 0. The Morgan fingerprint density at radius 3 is 2.53 bits per heavy atom. The first-order valence-electron chi connectivity index (χ1n) is 9.85. The largest absolute Gasteiger partial charge is 0.454 e. The van der Waals surface area contributed by atoms with E-state index in [0.717, 1.165) is 12.1 Å². The molecule has 0 aliphatic rings. The number of nitrogens with one attached hydrogen (secondary N) is 3. The number of pyridine rings is 1. The fraction of sp³-hybridized carbons (Fsp3) is 0.0435. The molecule has 0 atom stereocenters. The van der Waals surface area contributed by atoms with Crippen LogP contribution in [0.25, 0.3) is 11.3 Å². The molecule has 0 aliphatic carbocycles. The van der Waals surface area contributed by atoms with Crippen molar-refractivity contribution in [3.63, 3.8) is 0 Å². The van der Waals surface area contributed by atoms with Crippen LogP contribution in [-0.4, -0.2) is 27.1 Å².